The number of benzene rings is 1. The fourth-order valence-electron chi connectivity index (χ4n) is 1.48. The van der Waals surface area contributed by atoms with E-state index in [1.54, 1.807) is 17.1 Å². The second-order valence-electron chi connectivity index (χ2n) is 3.72. The predicted molar refractivity (Wildman–Crippen MR) is 78.2 cm³/mol. The summed E-state index contributed by atoms with van der Waals surface area (Å²) in [7, 11) is 0. The number of hydrogen-bond acceptors (Lipinski definition) is 6. The molecule has 2 aromatic rings. The minimum atomic E-state index is -1.08. The van der Waals surface area contributed by atoms with Crippen molar-refractivity contribution in [2.75, 3.05) is 11.6 Å². The van der Waals surface area contributed by atoms with Gasteiger partial charge in [-0.3, -0.25) is 4.79 Å². The third-order valence-corrected chi connectivity index (χ3v) is 4.03. The molecule has 1 aromatic heterocycles. The maximum absolute atomic E-state index is 10.8. The van der Waals surface area contributed by atoms with Crippen molar-refractivity contribution < 1.29 is 9.90 Å². The summed E-state index contributed by atoms with van der Waals surface area (Å²) in [5.41, 5.74) is 6.82. The van der Waals surface area contributed by atoms with Crippen LogP contribution in [0.15, 0.2) is 34.5 Å². The third-order valence-electron chi connectivity index (χ3n) is 2.46. The molecule has 5 nitrogen and oxygen atoms in total. The number of carboxylic acid groups (broad SMARTS) is 1. The van der Waals surface area contributed by atoms with Crippen LogP contribution in [0, 0.1) is 0 Å². The zero-order valence-corrected chi connectivity index (χ0v) is 11.8. The predicted octanol–water partition coefficient (Wildman–Crippen LogP) is 2.69. The number of aliphatic carboxylic acids is 1. The van der Waals surface area contributed by atoms with Crippen molar-refractivity contribution in [1.29, 1.82) is 0 Å². The SMILES string of the molecule is CSc1ccccc1Nc1nc(C(N)C(=O)O)cs1. The van der Waals surface area contributed by atoms with Gasteiger partial charge in [0.2, 0.25) is 0 Å². The van der Waals surface area contributed by atoms with E-state index in [-0.39, 0.29) is 0 Å². The second-order valence-corrected chi connectivity index (χ2v) is 5.42. The van der Waals surface area contributed by atoms with Crippen LogP contribution in [-0.4, -0.2) is 22.3 Å². The summed E-state index contributed by atoms with van der Waals surface area (Å²) in [6.07, 6.45) is 1.99. The summed E-state index contributed by atoms with van der Waals surface area (Å²) in [4.78, 5) is 16.1. The van der Waals surface area contributed by atoms with Gasteiger partial charge in [0.25, 0.3) is 0 Å². The maximum atomic E-state index is 10.8. The lowest BCUT2D eigenvalue weighted by atomic mass is 10.2. The molecule has 1 aromatic carbocycles. The number of carbonyl (C=O) groups is 1. The number of aromatic nitrogens is 1. The first kappa shape index (κ1) is 13.9. The van der Waals surface area contributed by atoms with E-state index >= 15 is 0 Å². The van der Waals surface area contributed by atoms with Crippen molar-refractivity contribution in [2.45, 2.75) is 10.9 Å². The average Bonchev–Trinajstić information content (AvgIpc) is 2.87. The number of nitrogens with one attached hydrogen (secondary N) is 1. The molecule has 19 heavy (non-hydrogen) atoms. The molecule has 1 atom stereocenters. The molecule has 0 radical (unpaired) electrons. The molecule has 0 amide bonds. The zero-order chi connectivity index (χ0) is 13.8. The molecule has 0 saturated carbocycles. The van der Waals surface area contributed by atoms with Gasteiger partial charge in [0, 0.05) is 10.3 Å². The highest BCUT2D eigenvalue weighted by molar-refractivity contribution is 7.98. The van der Waals surface area contributed by atoms with Gasteiger partial charge in [0.15, 0.2) is 5.13 Å². The van der Waals surface area contributed by atoms with Crippen molar-refractivity contribution in [2.24, 2.45) is 5.73 Å². The molecule has 0 aliphatic rings. The van der Waals surface area contributed by atoms with Gasteiger partial charge in [-0.1, -0.05) is 12.1 Å². The number of nitrogens with zero attached hydrogens (tertiary/aromatic N) is 1. The fraction of sp³-hybridized carbons (Fsp3) is 0.167. The summed E-state index contributed by atoms with van der Waals surface area (Å²) in [5, 5.41) is 14.3. The Bertz CT molecular complexity index is 586. The van der Waals surface area contributed by atoms with Gasteiger partial charge in [-0.15, -0.1) is 23.1 Å². The highest BCUT2D eigenvalue weighted by Gasteiger charge is 2.17. The van der Waals surface area contributed by atoms with E-state index < -0.39 is 12.0 Å². The Labute approximate surface area is 118 Å². The molecule has 1 heterocycles. The topological polar surface area (TPSA) is 88.2 Å². The summed E-state index contributed by atoms with van der Waals surface area (Å²) >= 11 is 2.96. The average molecular weight is 295 g/mol. The Morgan fingerprint density at radius 3 is 2.95 bits per heavy atom. The molecule has 1 unspecified atom stereocenters. The number of thiazole rings is 1. The lowest BCUT2D eigenvalue weighted by molar-refractivity contribution is -0.138. The number of thioether (sulfide) groups is 1. The molecule has 7 heteroatoms. The van der Waals surface area contributed by atoms with Crippen LogP contribution in [0.3, 0.4) is 0 Å². The molecule has 4 N–H and O–H groups in total. The van der Waals surface area contributed by atoms with Crippen molar-refractivity contribution in [1.82, 2.24) is 4.98 Å². The molecule has 0 aliphatic carbocycles. The number of para-hydroxylation sites is 1. The lowest BCUT2D eigenvalue weighted by Crippen LogP contribution is -2.20. The summed E-state index contributed by atoms with van der Waals surface area (Å²) in [6.45, 7) is 0. The van der Waals surface area contributed by atoms with Gasteiger partial charge in [-0.2, -0.15) is 0 Å². The van der Waals surface area contributed by atoms with Crippen LogP contribution in [0.1, 0.15) is 11.7 Å². The van der Waals surface area contributed by atoms with Crippen molar-refractivity contribution in [3.05, 3.63) is 35.3 Å². The first-order valence-electron chi connectivity index (χ1n) is 5.45. The Morgan fingerprint density at radius 2 is 2.26 bits per heavy atom. The smallest absolute Gasteiger partial charge is 0.326 e. The van der Waals surface area contributed by atoms with Crippen LogP contribution in [0.2, 0.25) is 0 Å². The van der Waals surface area contributed by atoms with Crippen LogP contribution < -0.4 is 11.1 Å². The van der Waals surface area contributed by atoms with E-state index in [0.29, 0.717) is 10.8 Å². The number of nitrogens with two attached hydrogens (primary N) is 1. The summed E-state index contributed by atoms with van der Waals surface area (Å²) in [5.74, 6) is -1.08. The minimum Gasteiger partial charge on any atom is -0.480 e. The minimum absolute atomic E-state index is 0.363. The number of hydrogen-bond donors (Lipinski definition) is 3. The lowest BCUT2D eigenvalue weighted by Gasteiger charge is -2.07. The molecule has 100 valence electrons. The van der Waals surface area contributed by atoms with Gasteiger partial charge in [0.05, 0.1) is 11.4 Å². The Balaban J connectivity index is 2.18. The van der Waals surface area contributed by atoms with E-state index in [4.69, 9.17) is 10.8 Å². The van der Waals surface area contributed by atoms with Crippen molar-refractivity contribution in [3.8, 4) is 0 Å². The normalized spacial score (nSPS) is 12.1. The molecule has 0 aliphatic heterocycles. The second kappa shape index (κ2) is 6.05. The van der Waals surface area contributed by atoms with Crippen LogP contribution in [-0.2, 0) is 4.79 Å². The van der Waals surface area contributed by atoms with Crippen LogP contribution in [0.5, 0.6) is 0 Å². The standard InChI is InChI=1S/C12H13N3O2S2/c1-18-9-5-3-2-4-7(9)14-12-15-8(6-19-12)10(13)11(16)17/h2-6,10H,13H2,1H3,(H,14,15)(H,16,17). The van der Waals surface area contributed by atoms with E-state index in [1.807, 2.05) is 30.5 Å². The molecular weight excluding hydrogens is 282 g/mol. The maximum Gasteiger partial charge on any atom is 0.326 e. The number of rotatable bonds is 5. The quantitative estimate of drug-likeness (QED) is 0.735. The molecule has 0 bridgehead atoms. The van der Waals surface area contributed by atoms with Gasteiger partial charge in [-0.05, 0) is 18.4 Å². The van der Waals surface area contributed by atoms with Gasteiger partial charge < -0.3 is 16.2 Å². The van der Waals surface area contributed by atoms with Crippen LogP contribution >= 0.6 is 23.1 Å². The summed E-state index contributed by atoms with van der Waals surface area (Å²) < 4.78 is 0. The first-order valence-corrected chi connectivity index (χ1v) is 7.56. The van der Waals surface area contributed by atoms with Crippen LogP contribution in [0.4, 0.5) is 10.8 Å². The van der Waals surface area contributed by atoms with Crippen molar-refractivity contribution >= 4 is 39.9 Å². The molecule has 2 rings (SSSR count). The Morgan fingerprint density at radius 1 is 1.53 bits per heavy atom. The highest BCUT2D eigenvalue weighted by Crippen LogP contribution is 2.29. The first-order chi connectivity index (χ1) is 9.11. The van der Waals surface area contributed by atoms with Crippen molar-refractivity contribution in [3.63, 3.8) is 0 Å². The largest absolute Gasteiger partial charge is 0.480 e. The van der Waals surface area contributed by atoms with E-state index in [0.717, 1.165) is 10.6 Å². The highest BCUT2D eigenvalue weighted by atomic mass is 32.2. The number of carboxylic acids is 1. The van der Waals surface area contributed by atoms with E-state index in [2.05, 4.69) is 10.3 Å². The number of anilines is 2. The van der Waals surface area contributed by atoms with E-state index in [1.165, 1.54) is 11.3 Å². The fourth-order valence-corrected chi connectivity index (χ4v) is 2.79. The third kappa shape index (κ3) is 3.25. The van der Waals surface area contributed by atoms with E-state index in [9.17, 15) is 4.79 Å². The zero-order valence-electron chi connectivity index (χ0n) is 10.2. The molecule has 0 spiro atoms. The van der Waals surface area contributed by atoms with Gasteiger partial charge in [-0.25, -0.2) is 4.98 Å². The Hall–Kier alpha value is -1.57. The van der Waals surface area contributed by atoms with Gasteiger partial charge >= 0.3 is 5.97 Å². The molecule has 0 saturated heterocycles. The van der Waals surface area contributed by atoms with Crippen LogP contribution in [0.25, 0.3) is 0 Å². The molecular formula is C12H13N3O2S2. The Kier molecular flexibility index (Phi) is 4.41. The van der Waals surface area contributed by atoms with Gasteiger partial charge in [0.1, 0.15) is 6.04 Å². The monoisotopic (exact) mass is 295 g/mol. The summed E-state index contributed by atoms with van der Waals surface area (Å²) in [6, 6.07) is 6.77. The molecule has 0 fully saturated rings.